The maximum atomic E-state index is 13.8. The Bertz CT molecular complexity index is 606. The molecule has 2 aromatic carbocycles. The highest BCUT2D eigenvalue weighted by atomic mass is 19.1. The van der Waals surface area contributed by atoms with Gasteiger partial charge in [0.05, 0.1) is 0 Å². The Morgan fingerprint density at radius 2 is 1.57 bits per heavy atom. The standard InChI is InChI=1S/C18H20FNO/c1-20-12-10-14(11-13-20)15-6-2-4-8-17(15)21-18-9-5-3-7-16(18)19/h2-9,14H,10-13H2,1H3. The van der Waals surface area contributed by atoms with Crippen molar-refractivity contribution in [2.45, 2.75) is 18.8 Å². The largest absolute Gasteiger partial charge is 0.454 e. The first-order valence-electron chi connectivity index (χ1n) is 7.44. The van der Waals surface area contributed by atoms with Gasteiger partial charge in [-0.1, -0.05) is 30.3 Å². The van der Waals surface area contributed by atoms with Crippen molar-refractivity contribution < 1.29 is 9.13 Å². The van der Waals surface area contributed by atoms with E-state index < -0.39 is 0 Å². The number of benzene rings is 2. The van der Waals surface area contributed by atoms with Gasteiger partial charge in [-0.25, -0.2) is 4.39 Å². The van der Waals surface area contributed by atoms with Gasteiger partial charge in [0.15, 0.2) is 11.6 Å². The van der Waals surface area contributed by atoms with Gasteiger partial charge >= 0.3 is 0 Å². The van der Waals surface area contributed by atoms with E-state index in [2.05, 4.69) is 18.0 Å². The van der Waals surface area contributed by atoms with Gasteiger partial charge in [0.1, 0.15) is 5.75 Å². The molecule has 2 nitrogen and oxygen atoms in total. The van der Waals surface area contributed by atoms with Gasteiger partial charge in [0.25, 0.3) is 0 Å². The number of hydrogen-bond acceptors (Lipinski definition) is 2. The lowest BCUT2D eigenvalue weighted by atomic mass is 9.89. The Balaban J connectivity index is 1.84. The molecule has 110 valence electrons. The molecule has 1 aliphatic heterocycles. The Morgan fingerprint density at radius 3 is 2.29 bits per heavy atom. The quantitative estimate of drug-likeness (QED) is 0.827. The summed E-state index contributed by atoms with van der Waals surface area (Å²) in [5.41, 5.74) is 1.19. The van der Waals surface area contributed by atoms with E-state index in [1.54, 1.807) is 18.2 Å². The second-order valence-electron chi connectivity index (χ2n) is 5.65. The molecule has 0 unspecified atom stereocenters. The van der Waals surface area contributed by atoms with Crippen LogP contribution in [0.5, 0.6) is 11.5 Å². The molecule has 0 amide bonds. The normalized spacial score (nSPS) is 16.9. The molecule has 3 rings (SSSR count). The van der Waals surface area contributed by atoms with Crippen LogP contribution in [-0.2, 0) is 0 Å². The second kappa shape index (κ2) is 6.27. The molecular formula is C18H20FNO. The van der Waals surface area contributed by atoms with Crippen molar-refractivity contribution in [3.05, 3.63) is 59.9 Å². The maximum Gasteiger partial charge on any atom is 0.165 e. The monoisotopic (exact) mass is 285 g/mol. The summed E-state index contributed by atoms with van der Waals surface area (Å²) in [6.45, 7) is 2.19. The third-order valence-corrected chi connectivity index (χ3v) is 4.13. The summed E-state index contributed by atoms with van der Waals surface area (Å²) in [5.74, 6) is 1.23. The van der Waals surface area contributed by atoms with Crippen molar-refractivity contribution in [3.8, 4) is 11.5 Å². The first-order chi connectivity index (χ1) is 10.2. The SMILES string of the molecule is CN1CCC(c2ccccc2Oc2ccccc2F)CC1. The molecule has 0 saturated carbocycles. The Hall–Kier alpha value is -1.87. The van der Waals surface area contributed by atoms with Crippen molar-refractivity contribution in [2.75, 3.05) is 20.1 Å². The lowest BCUT2D eigenvalue weighted by Crippen LogP contribution is -2.29. The van der Waals surface area contributed by atoms with E-state index in [-0.39, 0.29) is 11.6 Å². The molecule has 0 radical (unpaired) electrons. The van der Waals surface area contributed by atoms with Gasteiger partial charge in [-0.05, 0) is 62.7 Å². The minimum atomic E-state index is -0.323. The fourth-order valence-electron chi connectivity index (χ4n) is 2.88. The highest BCUT2D eigenvalue weighted by molar-refractivity contribution is 5.40. The minimum Gasteiger partial charge on any atom is -0.454 e. The number of halogens is 1. The smallest absolute Gasteiger partial charge is 0.165 e. The first-order valence-corrected chi connectivity index (χ1v) is 7.44. The second-order valence-corrected chi connectivity index (χ2v) is 5.65. The summed E-state index contributed by atoms with van der Waals surface area (Å²) in [7, 11) is 2.15. The van der Waals surface area contributed by atoms with E-state index in [4.69, 9.17) is 4.74 Å². The first kappa shape index (κ1) is 14.1. The average Bonchev–Trinajstić information content (AvgIpc) is 2.51. The third kappa shape index (κ3) is 3.24. The van der Waals surface area contributed by atoms with E-state index in [0.717, 1.165) is 31.7 Å². The number of nitrogens with zero attached hydrogens (tertiary/aromatic N) is 1. The topological polar surface area (TPSA) is 12.5 Å². The van der Waals surface area contributed by atoms with Gasteiger partial charge in [-0.2, -0.15) is 0 Å². The summed E-state index contributed by atoms with van der Waals surface area (Å²) in [4.78, 5) is 2.34. The van der Waals surface area contributed by atoms with Gasteiger partial charge in [-0.3, -0.25) is 0 Å². The predicted octanol–water partition coefficient (Wildman–Crippen LogP) is 4.43. The molecule has 0 aliphatic carbocycles. The van der Waals surface area contributed by atoms with E-state index >= 15 is 0 Å². The van der Waals surface area contributed by atoms with Crippen LogP contribution in [0.1, 0.15) is 24.3 Å². The molecule has 0 N–H and O–H groups in total. The molecule has 2 aromatic rings. The molecule has 1 fully saturated rings. The Kier molecular flexibility index (Phi) is 4.20. The molecular weight excluding hydrogens is 265 g/mol. The number of piperidine rings is 1. The van der Waals surface area contributed by atoms with Crippen LogP contribution in [-0.4, -0.2) is 25.0 Å². The van der Waals surface area contributed by atoms with Crippen LogP contribution in [0.25, 0.3) is 0 Å². The van der Waals surface area contributed by atoms with Crippen LogP contribution in [0.3, 0.4) is 0 Å². The van der Waals surface area contributed by atoms with Gasteiger partial charge in [-0.15, -0.1) is 0 Å². The number of para-hydroxylation sites is 2. The molecule has 0 bridgehead atoms. The van der Waals surface area contributed by atoms with Crippen molar-refractivity contribution in [2.24, 2.45) is 0 Å². The highest BCUT2D eigenvalue weighted by Crippen LogP contribution is 2.36. The zero-order valence-corrected chi connectivity index (χ0v) is 12.3. The molecule has 0 spiro atoms. The minimum absolute atomic E-state index is 0.290. The van der Waals surface area contributed by atoms with Crippen LogP contribution in [0.2, 0.25) is 0 Å². The van der Waals surface area contributed by atoms with Crippen LogP contribution in [0.4, 0.5) is 4.39 Å². The van der Waals surface area contributed by atoms with E-state index in [1.807, 2.05) is 18.2 Å². The summed E-state index contributed by atoms with van der Waals surface area (Å²) < 4.78 is 19.6. The molecule has 1 heterocycles. The molecule has 1 aliphatic rings. The fourth-order valence-corrected chi connectivity index (χ4v) is 2.88. The van der Waals surface area contributed by atoms with Crippen LogP contribution in [0, 0.1) is 5.82 Å². The molecule has 0 aromatic heterocycles. The Labute approximate surface area is 125 Å². The third-order valence-electron chi connectivity index (χ3n) is 4.13. The van der Waals surface area contributed by atoms with Gasteiger partial charge in [0, 0.05) is 0 Å². The summed E-state index contributed by atoms with van der Waals surface area (Å²) in [5, 5.41) is 0. The van der Waals surface area contributed by atoms with Crippen molar-refractivity contribution in [3.63, 3.8) is 0 Å². The highest BCUT2D eigenvalue weighted by Gasteiger charge is 2.21. The number of likely N-dealkylation sites (tertiary alicyclic amines) is 1. The van der Waals surface area contributed by atoms with Crippen molar-refractivity contribution >= 4 is 0 Å². The molecule has 0 atom stereocenters. The molecule has 1 saturated heterocycles. The van der Waals surface area contributed by atoms with Gasteiger partial charge < -0.3 is 9.64 Å². The molecule has 21 heavy (non-hydrogen) atoms. The average molecular weight is 285 g/mol. The van der Waals surface area contributed by atoms with Crippen LogP contribution in [0.15, 0.2) is 48.5 Å². The van der Waals surface area contributed by atoms with Crippen LogP contribution >= 0.6 is 0 Å². The van der Waals surface area contributed by atoms with E-state index in [1.165, 1.54) is 11.6 Å². The van der Waals surface area contributed by atoms with E-state index in [9.17, 15) is 4.39 Å². The summed E-state index contributed by atoms with van der Waals surface area (Å²) in [6.07, 6.45) is 2.24. The summed E-state index contributed by atoms with van der Waals surface area (Å²) in [6, 6.07) is 14.6. The maximum absolute atomic E-state index is 13.8. The molecule has 3 heteroatoms. The number of hydrogen-bond donors (Lipinski definition) is 0. The summed E-state index contributed by atoms with van der Waals surface area (Å²) >= 11 is 0. The fraction of sp³-hybridized carbons (Fsp3) is 0.333. The van der Waals surface area contributed by atoms with Crippen molar-refractivity contribution in [1.82, 2.24) is 4.90 Å². The lowest BCUT2D eigenvalue weighted by molar-refractivity contribution is 0.253. The zero-order chi connectivity index (χ0) is 14.7. The Morgan fingerprint density at radius 1 is 0.952 bits per heavy atom. The number of rotatable bonds is 3. The zero-order valence-electron chi connectivity index (χ0n) is 12.3. The van der Waals surface area contributed by atoms with Crippen molar-refractivity contribution in [1.29, 1.82) is 0 Å². The van der Waals surface area contributed by atoms with Gasteiger partial charge in [0.2, 0.25) is 0 Å². The predicted molar refractivity (Wildman–Crippen MR) is 82.4 cm³/mol. The van der Waals surface area contributed by atoms with E-state index in [0.29, 0.717) is 5.92 Å². The number of ether oxygens (including phenoxy) is 1. The lowest BCUT2D eigenvalue weighted by Gasteiger charge is -2.30. The van der Waals surface area contributed by atoms with Crippen LogP contribution < -0.4 is 4.74 Å².